The van der Waals surface area contributed by atoms with Gasteiger partial charge in [0.1, 0.15) is 0 Å². The van der Waals surface area contributed by atoms with Crippen molar-refractivity contribution in [1.82, 2.24) is 0 Å². The molecular formula is C13H26O2. The van der Waals surface area contributed by atoms with E-state index in [2.05, 4.69) is 20.8 Å². The fourth-order valence-corrected chi connectivity index (χ4v) is 2.24. The van der Waals surface area contributed by atoms with Crippen molar-refractivity contribution >= 4 is 0 Å². The Morgan fingerprint density at radius 1 is 1.27 bits per heavy atom. The Labute approximate surface area is 94.0 Å². The zero-order valence-corrected chi connectivity index (χ0v) is 10.8. The summed E-state index contributed by atoms with van der Waals surface area (Å²) in [6.45, 7) is 11.5. The van der Waals surface area contributed by atoms with Gasteiger partial charge in [-0.2, -0.15) is 0 Å². The smallest absolute Gasteiger partial charge is 0.0877 e. The Bertz CT molecular complexity index is 203. The number of aliphatic hydroxyl groups is 1. The van der Waals surface area contributed by atoms with Crippen LogP contribution in [0, 0.1) is 11.3 Å². The minimum atomic E-state index is -0.663. The van der Waals surface area contributed by atoms with Crippen LogP contribution in [0.1, 0.15) is 53.9 Å². The molecule has 1 N–H and O–H groups in total. The minimum absolute atomic E-state index is 0.0143. The monoisotopic (exact) mass is 214 g/mol. The SMILES string of the molecule is CCC(C)(O)C1CC(C(C)(C)C)CCO1. The summed E-state index contributed by atoms with van der Waals surface area (Å²) in [4.78, 5) is 0. The molecule has 3 atom stereocenters. The van der Waals surface area contributed by atoms with Gasteiger partial charge in [-0.1, -0.05) is 27.7 Å². The van der Waals surface area contributed by atoms with E-state index in [1.807, 2.05) is 13.8 Å². The van der Waals surface area contributed by atoms with Crippen LogP contribution in [-0.4, -0.2) is 23.4 Å². The second-order valence-electron chi connectivity index (χ2n) is 6.16. The maximum absolute atomic E-state index is 10.2. The molecule has 0 saturated carbocycles. The normalized spacial score (nSPS) is 32.4. The van der Waals surface area contributed by atoms with E-state index in [0.29, 0.717) is 11.3 Å². The van der Waals surface area contributed by atoms with Gasteiger partial charge >= 0.3 is 0 Å². The average molecular weight is 214 g/mol. The molecule has 1 aliphatic heterocycles. The predicted octanol–water partition coefficient (Wildman–Crippen LogP) is 2.99. The quantitative estimate of drug-likeness (QED) is 0.765. The second kappa shape index (κ2) is 4.42. The van der Waals surface area contributed by atoms with Gasteiger partial charge in [-0.05, 0) is 37.5 Å². The molecule has 0 amide bonds. The van der Waals surface area contributed by atoms with Gasteiger partial charge in [0.25, 0.3) is 0 Å². The number of ether oxygens (including phenoxy) is 1. The van der Waals surface area contributed by atoms with E-state index in [-0.39, 0.29) is 6.10 Å². The van der Waals surface area contributed by atoms with Crippen LogP contribution in [0.3, 0.4) is 0 Å². The van der Waals surface area contributed by atoms with E-state index in [9.17, 15) is 5.11 Å². The second-order valence-corrected chi connectivity index (χ2v) is 6.16. The van der Waals surface area contributed by atoms with Crippen molar-refractivity contribution in [2.24, 2.45) is 11.3 Å². The van der Waals surface area contributed by atoms with E-state index in [4.69, 9.17) is 4.74 Å². The van der Waals surface area contributed by atoms with E-state index < -0.39 is 5.60 Å². The fraction of sp³-hybridized carbons (Fsp3) is 1.00. The summed E-state index contributed by atoms with van der Waals surface area (Å²) in [5.41, 5.74) is -0.338. The third kappa shape index (κ3) is 3.18. The van der Waals surface area contributed by atoms with E-state index in [1.165, 1.54) is 0 Å². The Morgan fingerprint density at radius 2 is 1.87 bits per heavy atom. The van der Waals surface area contributed by atoms with Gasteiger partial charge in [0, 0.05) is 6.61 Å². The van der Waals surface area contributed by atoms with Crippen LogP contribution in [0.4, 0.5) is 0 Å². The van der Waals surface area contributed by atoms with E-state index in [0.717, 1.165) is 25.9 Å². The Morgan fingerprint density at radius 3 is 2.33 bits per heavy atom. The van der Waals surface area contributed by atoms with Crippen molar-refractivity contribution in [3.8, 4) is 0 Å². The summed E-state index contributed by atoms with van der Waals surface area (Å²) in [7, 11) is 0. The molecule has 3 unspecified atom stereocenters. The van der Waals surface area contributed by atoms with E-state index >= 15 is 0 Å². The Balaban J connectivity index is 2.64. The molecule has 0 aromatic rings. The Hall–Kier alpha value is -0.0800. The van der Waals surface area contributed by atoms with Gasteiger partial charge < -0.3 is 9.84 Å². The van der Waals surface area contributed by atoms with Crippen LogP contribution in [0.15, 0.2) is 0 Å². The van der Waals surface area contributed by atoms with Gasteiger partial charge in [-0.25, -0.2) is 0 Å². The molecule has 15 heavy (non-hydrogen) atoms. The first-order chi connectivity index (χ1) is 6.77. The molecule has 1 heterocycles. The molecule has 1 rings (SSSR count). The van der Waals surface area contributed by atoms with Crippen molar-refractivity contribution in [2.45, 2.75) is 65.6 Å². The molecule has 0 bridgehead atoms. The van der Waals surface area contributed by atoms with Crippen molar-refractivity contribution in [3.63, 3.8) is 0 Å². The lowest BCUT2D eigenvalue weighted by Gasteiger charge is -2.42. The molecule has 2 nitrogen and oxygen atoms in total. The lowest BCUT2D eigenvalue weighted by molar-refractivity contribution is -0.140. The third-order valence-corrected chi connectivity index (χ3v) is 3.92. The lowest BCUT2D eigenvalue weighted by Crippen LogP contribution is -2.46. The highest BCUT2D eigenvalue weighted by Gasteiger charge is 2.38. The van der Waals surface area contributed by atoms with Crippen LogP contribution in [-0.2, 0) is 4.74 Å². The van der Waals surface area contributed by atoms with Gasteiger partial charge in [0.2, 0.25) is 0 Å². The lowest BCUT2D eigenvalue weighted by atomic mass is 9.72. The van der Waals surface area contributed by atoms with Crippen LogP contribution < -0.4 is 0 Å². The molecule has 1 aliphatic rings. The maximum atomic E-state index is 10.2. The topological polar surface area (TPSA) is 29.5 Å². The maximum Gasteiger partial charge on any atom is 0.0877 e. The zero-order valence-electron chi connectivity index (χ0n) is 10.8. The molecule has 1 fully saturated rings. The highest BCUT2D eigenvalue weighted by molar-refractivity contribution is 4.89. The molecule has 0 spiro atoms. The first kappa shape index (κ1) is 13.0. The molecular weight excluding hydrogens is 188 g/mol. The van der Waals surface area contributed by atoms with Crippen LogP contribution in [0.25, 0.3) is 0 Å². The van der Waals surface area contributed by atoms with Crippen molar-refractivity contribution in [1.29, 1.82) is 0 Å². The molecule has 2 heteroatoms. The fourth-order valence-electron chi connectivity index (χ4n) is 2.24. The third-order valence-electron chi connectivity index (χ3n) is 3.92. The van der Waals surface area contributed by atoms with E-state index in [1.54, 1.807) is 0 Å². The van der Waals surface area contributed by atoms with Crippen LogP contribution in [0.2, 0.25) is 0 Å². The van der Waals surface area contributed by atoms with Gasteiger partial charge in [-0.3, -0.25) is 0 Å². The first-order valence-electron chi connectivity index (χ1n) is 6.11. The molecule has 90 valence electrons. The van der Waals surface area contributed by atoms with Crippen molar-refractivity contribution < 1.29 is 9.84 Å². The van der Waals surface area contributed by atoms with Crippen LogP contribution in [0.5, 0.6) is 0 Å². The average Bonchev–Trinajstić information content (AvgIpc) is 2.17. The number of rotatable bonds is 2. The molecule has 1 saturated heterocycles. The van der Waals surface area contributed by atoms with Crippen molar-refractivity contribution in [3.05, 3.63) is 0 Å². The van der Waals surface area contributed by atoms with Gasteiger partial charge in [-0.15, -0.1) is 0 Å². The summed E-state index contributed by atoms with van der Waals surface area (Å²) in [6, 6.07) is 0. The highest BCUT2D eigenvalue weighted by atomic mass is 16.5. The molecule has 0 aromatic heterocycles. The highest BCUT2D eigenvalue weighted by Crippen LogP contribution is 2.38. The molecule has 0 radical (unpaired) electrons. The summed E-state index contributed by atoms with van der Waals surface area (Å²) in [5.74, 6) is 0.661. The van der Waals surface area contributed by atoms with Crippen molar-refractivity contribution in [2.75, 3.05) is 6.61 Å². The number of hydrogen-bond acceptors (Lipinski definition) is 2. The minimum Gasteiger partial charge on any atom is -0.387 e. The zero-order chi connectivity index (χ0) is 11.7. The summed E-state index contributed by atoms with van der Waals surface area (Å²) in [5, 5.41) is 10.2. The number of hydrogen-bond donors (Lipinski definition) is 1. The van der Waals surface area contributed by atoms with Gasteiger partial charge in [0.15, 0.2) is 0 Å². The standard InChI is InChI=1S/C13H26O2/c1-6-13(5,14)11-9-10(7-8-15-11)12(2,3)4/h10-11,14H,6-9H2,1-5H3. The predicted molar refractivity (Wildman–Crippen MR) is 62.8 cm³/mol. The van der Waals surface area contributed by atoms with Crippen LogP contribution >= 0.6 is 0 Å². The first-order valence-corrected chi connectivity index (χ1v) is 6.11. The largest absolute Gasteiger partial charge is 0.387 e. The molecule has 0 aliphatic carbocycles. The summed E-state index contributed by atoms with van der Waals surface area (Å²) in [6.07, 6.45) is 2.89. The van der Waals surface area contributed by atoms with Gasteiger partial charge in [0.05, 0.1) is 11.7 Å². The summed E-state index contributed by atoms with van der Waals surface area (Å²) >= 11 is 0. The summed E-state index contributed by atoms with van der Waals surface area (Å²) < 4.78 is 5.71. The molecule has 0 aromatic carbocycles. The Kier molecular flexibility index (Phi) is 3.83.